The monoisotopic (exact) mass is 217 g/mol. The Labute approximate surface area is 85.6 Å². The van der Waals surface area contributed by atoms with E-state index in [1.807, 2.05) is 0 Å². The van der Waals surface area contributed by atoms with Crippen LogP contribution in [0.4, 0.5) is 4.39 Å². The number of nitrogens with two attached hydrogens (primary N) is 1. The van der Waals surface area contributed by atoms with Gasteiger partial charge in [0.2, 0.25) is 0 Å². The molecule has 2 N–H and O–H groups in total. The van der Waals surface area contributed by atoms with Crippen LogP contribution in [-0.2, 0) is 4.79 Å². The number of carbonyl (C=O) groups excluding carboxylic acids is 1. The first-order valence-electron chi connectivity index (χ1n) is 3.91. The molecule has 0 bridgehead atoms. The predicted octanol–water partition coefficient (Wildman–Crippen LogP) is 1.73. The van der Waals surface area contributed by atoms with Crippen molar-refractivity contribution in [2.24, 2.45) is 5.73 Å². The van der Waals surface area contributed by atoms with Gasteiger partial charge in [0, 0.05) is 6.07 Å². The quantitative estimate of drug-likeness (QED) is 0.839. The van der Waals surface area contributed by atoms with Crippen LogP contribution in [0.3, 0.4) is 0 Å². The van der Waals surface area contributed by atoms with E-state index in [1.54, 1.807) is 0 Å². The van der Waals surface area contributed by atoms with Crippen molar-refractivity contribution in [3.63, 3.8) is 0 Å². The molecule has 1 aromatic rings. The Hall–Kier alpha value is -1.29. The third-order valence-corrected chi connectivity index (χ3v) is 1.89. The van der Waals surface area contributed by atoms with Gasteiger partial charge in [0.25, 0.3) is 5.91 Å². The minimum atomic E-state index is -0.767. The fraction of sp³-hybridized carbons (Fsp3) is 0.222. The van der Waals surface area contributed by atoms with E-state index < -0.39 is 17.8 Å². The molecule has 0 fully saturated rings. The van der Waals surface area contributed by atoms with Crippen molar-refractivity contribution in [3.05, 3.63) is 29.0 Å². The highest BCUT2D eigenvalue weighted by Crippen LogP contribution is 2.21. The second-order valence-electron chi connectivity index (χ2n) is 2.74. The van der Waals surface area contributed by atoms with Crippen LogP contribution in [-0.4, -0.2) is 12.0 Å². The van der Waals surface area contributed by atoms with Gasteiger partial charge in [-0.25, -0.2) is 4.39 Å². The molecule has 0 aromatic heterocycles. The van der Waals surface area contributed by atoms with Gasteiger partial charge >= 0.3 is 0 Å². The number of rotatable bonds is 3. The van der Waals surface area contributed by atoms with Gasteiger partial charge in [-0.05, 0) is 19.1 Å². The second-order valence-corrected chi connectivity index (χ2v) is 3.15. The Morgan fingerprint density at radius 2 is 2.29 bits per heavy atom. The summed E-state index contributed by atoms with van der Waals surface area (Å²) in [6, 6.07) is 3.82. The first-order valence-corrected chi connectivity index (χ1v) is 4.29. The zero-order valence-corrected chi connectivity index (χ0v) is 8.22. The highest BCUT2D eigenvalue weighted by atomic mass is 35.5. The first kappa shape index (κ1) is 10.8. The summed E-state index contributed by atoms with van der Waals surface area (Å²) in [5, 5.41) is -0.0563. The number of primary amides is 1. The van der Waals surface area contributed by atoms with Gasteiger partial charge in [0.1, 0.15) is 11.6 Å². The smallest absolute Gasteiger partial charge is 0.258 e. The molecule has 1 amide bonds. The Morgan fingerprint density at radius 3 is 2.79 bits per heavy atom. The maximum absolute atomic E-state index is 12.7. The molecular formula is C9H9ClFNO2. The topological polar surface area (TPSA) is 52.3 Å². The van der Waals surface area contributed by atoms with Crippen LogP contribution in [0.1, 0.15) is 6.92 Å². The molecule has 0 aliphatic heterocycles. The molecule has 0 saturated carbocycles. The summed E-state index contributed by atoms with van der Waals surface area (Å²) >= 11 is 5.51. The summed E-state index contributed by atoms with van der Waals surface area (Å²) in [5.41, 5.74) is 4.98. The lowest BCUT2D eigenvalue weighted by Gasteiger charge is -2.11. The lowest BCUT2D eigenvalue weighted by Crippen LogP contribution is -2.30. The van der Waals surface area contributed by atoms with Gasteiger partial charge in [-0.2, -0.15) is 0 Å². The van der Waals surface area contributed by atoms with Crippen LogP contribution in [0.25, 0.3) is 0 Å². The number of ether oxygens (including phenoxy) is 1. The Morgan fingerprint density at radius 1 is 1.64 bits per heavy atom. The molecule has 1 atom stereocenters. The van der Waals surface area contributed by atoms with Crippen LogP contribution < -0.4 is 10.5 Å². The molecule has 0 spiro atoms. The molecule has 1 rings (SSSR count). The van der Waals surface area contributed by atoms with Crippen molar-refractivity contribution >= 4 is 17.5 Å². The van der Waals surface area contributed by atoms with E-state index in [4.69, 9.17) is 22.1 Å². The fourth-order valence-electron chi connectivity index (χ4n) is 0.812. The Bertz CT molecular complexity index is 357. The largest absolute Gasteiger partial charge is 0.481 e. The summed E-state index contributed by atoms with van der Waals surface area (Å²) in [5.74, 6) is -0.820. The SMILES string of the molecule is C[C@H](Oc1ccc(F)c(Cl)c1)C(N)=O. The van der Waals surface area contributed by atoms with E-state index in [0.29, 0.717) is 5.75 Å². The zero-order chi connectivity index (χ0) is 10.7. The van der Waals surface area contributed by atoms with Gasteiger partial charge < -0.3 is 10.5 Å². The van der Waals surface area contributed by atoms with E-state index >= 15 is 0 Å². The van der Waals surface area contributed by atoms with Gasteiger partial charge in [-0.3, -0.25) is 4.79 Å². The molecule has 14 heavy (non-hydrogen) atoms. The third kappa shape index (κ3) is 2.60. The second kappa shape index (κ2) is 4.28. The lowest BCUT2D eigenvalue weighted by molar-refractivity contribution is -0.123. The molecule has 76 valence electrons. The Balaban J connectivity index is 2.78. The van der Waals surface area contributed by atoms with Crippen LogP contribution >= 0.6 is 11.6 Å². The van der Waals surface area contributed by atoms with Crippen molar-refractivity contribution in [1.29, 1.82) is 0 Å². The van der Waals surface area contributed by atoms with E-state index in [2.05, 4.69) is 0 Å². The van der Waals surface area contributed by atoms with Crippen LogP contribution in [0.2, 0.25) is 5.02 Å². The number of hydrogen-bond acceptors (Lipinski definition) is 2. The van der Waals surface area contributed by atoms with Crippen LogP contribution in [0.15, 0.2) is 18.2 Å². The number of benzene rings is 1. The molecule has 0 aliphatic carbocycles. The summed E-state index contributed by atoms with van der Waals surface area (Å²) in [4.78, 5) is 10.6. The summed E-state index contributed by atoms with van der Waals surface area (Å²) in [7, 11) is 0. The van der Waals surface area contributed by atoms with Gasteiger partial charge in [-0.1, -0.05) is 11.6 Å². The number of amides is 1. The van der Waals surface area contributed by atoms with Crippen molar-refractivity contribution in [2.75, 3.05) is 0 Å². The maximum Gasteiger partial charge on any atom is 0.258 e. The summed E-state index contributed by atoms with van der Waals surface area (Å²) < 4.78 is 17.8. The normalized spacial score (nSPS) is 12.2. The molecule has 0 unspecified atom stereocenters. The van der Waals surface area contributed by atoms with E-state index in [0.717, 1.165) is 6.07 Å². The molecular weight excluding hydrogens is 209 g/mol. The molecule has 0 heterocycles. The van der Waals surface area contributed by atoms with E-state index in [9.17, 15) is 9.18 Å². The maximum atomic E-state index is 12.7. The predicted molar refractivity (Wildman–Crippen MR) is 50.7 cm³/mol. The zero-order valence-electron chi connectivity index (χ0n) is 7.46. The van der Waals surface area contributed by atoms with Crippen molar-refractivity contribution < 1.29 is 13.9 Å². The molecule has 5 heteroatoms. The minimum absolute atomic E-state index is 0.0563. The third-order valence-electron chi connectivity index (χ3n) is 1.60. The molecule has 0 saturated heterocycles. The molecule has 3 nitrogen and oxygen atoms in total. The summed E-state index contributed by atoms with van der Waals surface area (Å²) in [6.45, 7) is 1.50. The fourth-order valence-corrected chi connectivity index (χ4v) is 0.983. The number of carbonyl (C=O) groups is 1. The minimum Gasteiger partial charge on any atom is -0.481 e. The van der Waals surface area contributed by atoms with Gasteiger partial charge in [0.15, 0.2) is 6.10 Å². The number of halogens is 2. The molecule has 0 aliphatic rings. The molecule has 0 radical (unpaired) electrons. The van der Waals surface area contributed by atoms with Gasteiger partial charge in [-0.15, -0.1) is 0 Å². The first-order chi connectivity index (χ1) is 6.50. The summed E-state index contributed by atoms with van der Waals surface area (Å²) in [6.07, 6.45) is -0.767. The highest BCUT2D eigenvalue weighted by Gasteiger charge is 2.10. The van der Waals surface area contributed by atoms with Crippen molar-refractivity contribution in [3.8, 4) is 5.75 Å². The van der Waals surface area contributed by atoms with Crippen LogP contribution in [0.5, 0.6) is 5.75 Å². The van der Waals surface area contributed by atoms with Crippen molar-refractivity contribution in [1.82, 2.24) is 0 Å². The average Bonchev–Trinajstić information content (AvgIpc) is 2.11. The van der Waals surface area contributed by atoms with Crippen molar-refractivity contribution in [2.45, 2.75) is 13.0 Å². The van der Waals surface area contributed by atoms with E-state index in [-0.39, 0.29) is 5.02 Å². The average molecular weight is 218 g/mol. The van der Waals surface area contributed by atoms with Crippen LogP contribution in [0, 0.1) is 5.82 Å². The lowest BCUT2D eigenvalue weighted by atomic mass is 10.3. The number of hydrogen-bond donors (Lipinski definition) is 1. The Kier molecular flexibility index (Phi) is 3.30. The standard InChI is InChI=1S/C9H9ClFNO2/c1-5(9(12)13)14-6-2-3-8(11)7(10)4-6/h2-5H,1H3,(H2,12,13)/t5-/m0/s1. The highest BCUT2D eigenvalue weighted by molar-refractivity contribution is 6.30. The van der Waals surface area contributed by atoms with Gasteiger partial charge in [0.05, 0.1) is 5.02 Å². The van der Waals surface area contributed by atoms with E-state index in [1.165, 1.54) is 19.1 Å². The molecule has 1 aromatic carbocycles.